The molecule has 10 heterocycles. The molecule has 0 spiro atoms. The largest absolute Gasteiger partial charge is 0.344 e. The van der Waals surface area contributed by atoms with E-state index in [4.69, 9.17) is 13.1 Å². The van der Waals surface area contributed by atoms with Crippen molar-refractivity contribution in [2.45, 2.75) is 13.8 Å². The highest BCUT2D eigenvalue weighted by Crippen LogP contribution is 2.46. The van der Waals surface area contributed by atoms with Crippen molar-refractivity contribution in [1.29, 1.82) is 10.5 Å². The molecule has 14 heteroatoms. The van der Waals surface area contributed by atoms with E-state index in [1.54, 1.807) is 0 Å². The molecular formula is C131H90N14. The lowest BCUT2D eigenvalue weighted by atomic mass is 10.1. The van der Waals surface area contributed by atoms with Crippen molar-refractivity contribution in [3.05, 3.63) is 464 Å². The first-order valence-electron chi connectivity index (χ1n) is 48.8. The number of benzene rings is 20. The Morgan fingerprint density at radius 2 is 0.428 bits per heavy atom. The highest BCUT2D eigenvalue weighted by atomic mass is 15.0. The van der Waals surface area contributed by atoms with Gasteiger partial charge >= 0.3 is 0 Å². The van der Waals surface area contributed by atoms with Crippen molar-refractivity contribution in [3.8, 4) is 40.6 Å². The molecule has 0 amide bonds. The summed E-state index contributed by atoms with van der Waals surface area (Å²) in [6, 6.07) is 152. The average Bonchev–Trinajstić information content (AvgIpc) is 1.57. The third-order valence-electron chi connectivity index (χ3n) is 30.1. The third kappa shape index (κ3) is 13.3. The topological polar surface area (TPSA) is 106 Å². The summed E-state index contributed by atoms with van der Waals surface area (Å²) in [5.74, 6) is 0. The summed E-state index contributed by atoms with van der Waals surface area (Å²) < 4.78 is 22.6. The molecule has 0 aliphatic heterocycles. The van der Waals surface area contributed by atoms with Gasteiger partial charge in [-0.3, -0.25) is 0 Å². The van der Waals surface area contributed by atoms with Crippen LogP contribution < -0.4 is 0 Å². The summed E-state index contributed by atoms with van der Waals surface area (Å²) in [6.07, 6.45) is 0. The second-order valence-corrected chi connectivity index (χ2v) is 37.9. The molecule has 0 radical (unpaired) electrons. The van der Waals surface area contributed by atoms with E-state index in [1.807, 2.05) is 66.7 Å². The summed E-state index contributed by atoms with van der Waals surface area (Å²) in [7, 11) is 10.6. The van der Waals surface area contributed by atoms with Crippen LogP contribution in [0.25, 0.3) is 256 Å². The fourth-order valence-electron chi connectivity index (χ4n) is 23.5. The predicted molar refractivity (Wildman–Crippen MR) is 605 cm³/mol. The summed E-state index contributed by atoms with van der Waals surface area (Å²) in [5.41, 5.74) is 34.0. The fraction of sp³-hybridized carbons (Fsp3) is 0.0534. The van der Waals surface area contributed by atoms with Gasteiger partial charge in [-0.2, -0.15) is 10.5 Å². The average molecular weight is 1860 g/mol. The molecule has 0 aliphatic rings. The van der Waals surface area contributed by atoms with Crippen LogP contribution in [0, 0.1) is 49.7 Å². The number of nitrogens with zero attached hydrogens (tertiary/aromatic N) is 14. The highest BCUT2D eigenvalue weighted by Gasteiger charge is 2.25. The van der Waals surface area contributed by atoms with Gasteiger partial charge in [0.15, 0.2) is 5.69 Å². The Morgan fingerprint density at radius 1 is 0.186 bits per heavy atom. The van der Waals surface area contributed by atoms with Crippen LogP contribution in [-0.4, -0.2) is 45.7 Å². The first kappa shape index (κ1) is 85.8. The Labute approximate surface area is 833 Å². The molecule has 0 saturated carbocycles. The lowest BCUT2D eigenvalue weighted by Crippen LogP contribution is -1.96. The minimum atomic E-state index is 0.579. The Kier molecular flexibility index (Phi) is 20.0. The lowest BCUT2D eigenvalue weighted by Gasteiger charge is -2.10. The van der Waals surface area contributed by atoms with E-state index in [2.05, 4.69) is 468 Å². The van der Waals surface area contributed by atoms with Crippen LogP contribution >= 0.6 is 0 Å². The molecule has 14 nitrogen and oxygen atoms in total. The zero-order valence-corrected chi connectivity index (χ0v) is 80.6. The number of hydrogen-bond donors (Lipinski definition) is 0. The van der Waals surface area contributed by atoms with Gasteiger partial charge < -0.3 is 45.7 Å². The predicted octanol–water partition coefficient (Wildman–Crippen LogP) is 33.6. The van der Waals surface area contributed by atoms with E-state index < -0.39 is 0 Å². The van der Waals surface area contributed by atoms with Crippen molar-refractivity contribution < 1.29 is 0 Å². The molecule has 0 unspecified atom stereocenters. The number of aryl methyl sites for hydroxylation is 7. The highest BCUT2D eigenvalue weighted by molar-refractivity contribution is 6.21. The van der Waals surface area contributed by atoms with Crippen LogP contribution in [0.4, 0.5) is 11.4 Å². The van der Waals surface area contributed by atoms with Gasteiger partial charge in [-0.15, -0.1) is 0 Å². The van der Waals surface area contributed by atoms with E-state index >= 15 is 0 Å². The molecule has 10 aromatic heterocycles. The fourth-order valence-corrected chi connectivity index (χ4v) is 23.5. The quantitative estimate of drug-likeness (QED) is 0.160. The van der Waals surface area contributed by atoms with Gasteiger partial charge in [0.05, 0.1) is 73.9 Å². The summed E-state index contributed by atoms with van der Waals surface area (Å²) in [5, 5.41) is 43.8. The molecule has 0 N–H and O–H groups in total. The van der Waals surface area contributed by atoms with Crippen LogP contribution in [0.3, 0.4) is 0 Å². The number of nitriles is 2. The lowest BCUT2D eigenvalue weighted by molar-refractivity contribution is 1.01. The molecule has 0 fully saturated rings. The zero-order valence-electron chi connectivity index (χ0n) is 80.6. The van der Waals surface area contributed by atoms with Crippen molar-refractivity contribution in [2.75, 3.05) is 0 Å². The van der Waals surface area contributed by atoms with Crippen LogP contribution in [0.2, 0.25) is 0 Å². The van der Waals surface area contributed by atoms with Crippen LogP contribution in [-0.2, 0) is 35.2 Å². The normalized spacial score (nSPS) is 11.7. The van der Waals surface area contributed by atoms with Gasteiger partial charge in [0.25, 0.3) is 0 Å². The molecule has 30 rings (SSSR count). The number of rotatable bonds is 5. The van der Waals surface area contributed by atoms with E-state index in [9.17, 15) is 10.5 Å². The van der Waals surface area contributed by atoms with Gasteiger partial charge in [-0.1, -0.05) is 242 Å². The maximum Gasteiger partial charge on any atom is 0.211 e. The third-order valence-corrected chi connectivity index (χ3v) is 30.1. The number of aromatic nitrogens is 10. The molecule has 0 saturated heterocycles. The van der Waals surface area contributed by atoms with Crippen molar-refractivity contribution >= 4 is 229 Å². The van der Waals surface area contributed by atoms with Crippen molar-refractivity contribution in [3.63, 3.8) is 0 Å². The molecular weight excluding hydrogens is 1770 g/mol. The van der Waals surface area contributed by atoms with Crippen molar-refractivity contribution in [1.82, 2.24) is 45.7 Å². The SMILES string of the molecule is Cc1ccc2c(c1)c1ccccc1n2-c1ccc2c(c1)c1ccccc1n2C.Cc1ccc2c3ccccc3n(-c3ccc4c(c3)c3ccccc3n4C)c2c1.Cn1c2ccccc2c2cc(-n3c4ccccc4c4cccc(C#N)c43)ccc21.[C-]#[N+]c1cccc2c1c1ccccc1n2-c1ccc2c(c1)c1ccccc1n2C.[C-]#[N+]c1cccc2c3cccc(C#N)c3n(-c3ccc4c(c3)c3ccccc3n4C)c12. The molecule has 0 atom stereocenters. The molecule has 30 aromatic rings. The minimum Gasteiger partial charge on any atom is -0.344 e. The summed E-state index contributed by atoms with van der Waals surface area (Å²) in [6.45, 7) is 19.7. The van der Waals surface area contributed by atoms with Gasteiger partial charge in [0.1, 0.15) is 12.1 Å². The van der Waals surface area contributed by atoms with Crippen molar-refractivity contribution in [2.24, 2.45) is 35.2 Å². The van der Waals surface area contributed by atoms with Gasteiger partial charge in [-0.25, -0.2) is 9.69 Å². The molecule has 145 heavy (non-hydrogen) atoms. The Bertz CT molecular complexity index is 10800. The molecule has 684 valence electrons. The Hall–Kier alpha value is -19.6. The Morgan fingerprint density at radius 3 is 0.841 bits per heavy atom. The number of hydrogen-bond acceptors (Lipinski definition) is 2. The van der Waals surface area contributed by atoms with Crippen LogP contribution in [0.5, 0.6) is 0 Å². The first-order chi connectivity index (χ1) is 71.2. The number of para-hydroxylation sites is 12. The van der Waals surface area contributed by atoms with E-state index in [1.165, 1.54) is 164 Å². The smallest absolute Gasteiger partial charge is 0.211 e. The maximum atomic E-state index is 9.85. The maximum absolute atomic E-state index is 9.85. The second kappa shape index (κ2) is 33.9. The molecule has 0 aliphatic carbocycles. The Balaban J connectivity index is 0.0000000923. The van der Waals surface area contributed by atoms with Gasteiger partial charge in [0.2, 0.25) is 5.69 Å². The minimum absolute atomic E-state index is 0.579. The molecule has 0 bridgehead atoms. The van der Waals surface area contributed by atoms with Gasteiger partial charge in [0, 0.05) is 221 Å². The van der Waals surface area contributed by atoms with Gasteiger partial charge in [-0.05, 0) is 212 Å². The second-order valence-electron chi connectivity index (χ2n) is 37.9. The monoisotopic (exact) mass is 1860 g/mol. The van der Waals surface area contributed by atoms with E-state index in [0.29, 0.717) is 22.5 Å². The standard InChI is InChI=1S/C27H16N4.2C26H17N3.2C26H20N2/c1-29-23-11-6-10-21-20-9-5-7-17(16-28)26(20)31(27(21)23)18-13-14-25-22(15-18)19-8-3-4-12-24(19)30(25)2;1-27-21-10-7-13-25-26(21)19-9-4-6-12-24(19)29(25)17-14-15-23-20(16-17)18-8-3-5-11-22(18)28(23)2;1-28-23-11-4-2-9-20(23)22-15-18(13-14-24(22)28)29-25-12-5-3-8-19(25)21-10-6-7-17(16-27)26(21)29;1-17-11-13-21-19-7-4-6-10-25(19)28(26(21)15-17)18-12-14-24-22(16-18)20-8-3-5-9-23(20)27(24)2;1-17-11-13-26-21(15-17)20-8-4-6-10-25(20)28(26)18-12-14-24-22(16-18)19-7-3-5-9-23(19)27(24)2/h3-15H,2H3;3-16H,2H3;2-15H,1H3;2*3-16H,1-2H3. The zero-order chi connectivity index (χ0) is 97.8. The first-order valence-corrected chi connectivity index (χ1v) is 48.8. The van der Waals surface area contributed by atoms with E-state index in [0.717, 1.165) is 93.4 Å². The summed E-state index contributed by atoms with van der Waals surface area (Å²) in [4.78, 5) is 7.58. The molecule has 20 aromatic carbocycles. The van der Waals surface area contributed by atoms with E-state index in [-0.39, 0.29) is 0 Å². The van der Waals surface area contributed by atoms with Crippen LogP contribution in [0.15, 0.2) is 419 Å². The van der Waals surface area contributed by atoms with Crippen LogP contribution in [0.1, 0.15) is 22.3 Å². The number of fused-ring (bicyclic) bond motifs is 30. The summed E-state index contributed by atoms with van der Waals surface area (Å²) >= 11 is 0.